The van der Waals surface area contributed by atoms with Gasteiger partial charge in [0.15, 0.2) is 0 Å². The smallest absolute Gasteiger partial charge is 0.483 e. The van der Waals surface area contributed by atoms with Crippen LogP contribution in [-0.4, -0.2) is 30.9 Å². The summed E-state index contributed by atoms with van der Waals surface area (Å²) in [5.74, 6) is -0.605. The van der Waals surface area contributed by atoms with Gasteiger partial charge >= 0.3 is 12.3 Å². The van der Waals surface area contributed by atoms with Crippen molar-refractivity contribution in [2.75, 3.05) is 4.72 Å². The van der Waals surface area contributed by atoms with Gasteiger partial charge in [-0.05, 0) is 61.0 Å². The van der Waals surface area contributed by atoms with Crippen LogP contribution in [-0.2, 0) is 16.6 Å². The second kappa shape index (κ2) is 13.1. The highest BCUT2D eigenvalue weighted by atomic mass is 32.2. The molecule has 13 heteroatoms. The van der Waals surface area contributed by atoms with Crippen LogP contribution in [0.3, 0.4) is 0 Å². The van der Waals surface area contributed by atoms with Crippen LogP contribution in [0.1, 0.15) is 47.0 Å². The van der Waals surface area contributed by atoms with Gasteiger partial charge in [0.2, 0.25) is 0 Å². The summed E-state index contributed by atoms with van der Waals surface area (Å²) >= 11 is 0. The molecule has 0 fully saturated rings. The van der Waals surface area contributed by atoms with Crippen molar-refractivity contribution in [1.82, 2.24) is 5.16 Å². The Labute approximate surface area is 233 Å². The van der Waals surface area contributed by atoms with Crippen molar-refractivity contribution in [3.05, 3.63) is 95.0 Å². The van der Waals surface area contributed by atoms with Gasteiger partial charge in [-0.1, -0.05) is 37.2 Å². The number of aryl methyl sites for hydroxylation is 1. The molecule has 216 valence electrons. The van der Waals surface area contributed by atoms with E-state index in [-0.39, 0.29) is 23.0 Å². The number of hydrogen-bond donors (Lipinski definition) is 2. The van der Waals surface area contributed by atoms with E-state index >= 15 is 0 Å². The molecule has 41 heavy (non-hydrogen) atoms. The number of hydrogen-bond acceptors (Lipinski definition) is 7. The SMILES string of the molecule is Cc1cc(OCc2c(-c3ccccc3F)noc2C(C)C)ccc1NS(=O)(=O)c1cccc(C(=O)O)c1.O=C(F)F. The summed E-state index contributed by atoms with van der Waals surface area (Å²) in [6.07, 6.45) is -2.83. The number of aromatic nitrogens is 1. The van der Waals surface area contributed by atoms with E-state index in [2.05, 4.69) is 9.88 Å². The van der Waals surface area contributed by atoms with Crippen molar-refractivity contribution in [3.8, 4) is 17.0 Å². The molecule has 4 aromatic rings. The Bertz CT molecular complexity index is 1670. The summed E-state index contributed by atoms with van der Waals surface area (Å²) in [5, 5.41) is 13.2. The van der Waals surface area contributed by atoms with Gasteiger partial charge in [-0.15, -0.1) is 8.78 Å². The van der Waals surface area contributed by atoms with Crippen LogP contribution in [0.25, 0.3) is 11.3 Å². The van der Waals surface area contributed by atoms with Crippen LogP contribution in [0, 0.1) is 12.7 Å². The van der Waals surface area contributed by atoms with Crippen LogP contribution < -0.4 is 9.46 Å². The maximum atomic E-state index is 14.4. The Morgan fingerprint density at radius 1 is 1.05 bits per heavy atom. The van der Waals surface area contributed by atoms with Crippen molar-refractivity contribution < 1.29 is 45.5 Å². The highest BCUT2D eigenvalue weighted by molar-refractivity contribution is 7.92. The van der Waals surface area contributed by atoms with E-state index in [1.165, 1.54) is 24.3 Å². The van der Waals surface area contributed by atoms with Gasteiger partial charge in [0.05, 0.1) is 21.7 Å². The molecule has 3 aromatic carbocycles. The second-order valence-corrected chi connectivity index (χ2v) is 10.6. The number of anilines is 1. The fourth-order valence-electron chi connectivity index (χ4n) is 3.78. The lowest BCUT2D eigenvalue weighted by Crippen LogP contribution is -2.14. The van der Waals surface area contributed by atoms with Gasteiger partial charge < -0.3 is 14.4 Å². The first kappa shape index (κ1) is 30.9. The van der Waals surface area contributed by atoms with Crippen molar-refractivity contribution in [3.63, 3.8) is 0 Å². The molecule has 1 aromatic heterocycles. The minimum atomic E-state index is -4.02. The summed E-state index contributed by atoms with van der Waals surface area (Å²) in [6, 6.07) is 16.2. The third-order valence-electron chi connectivity index (χ3n) is 5.69. The Morgan fingerprint density at radius 2 is 1.73 bits per heavy atom. The predicted molar refractivity (Wildman–Crippen MR) is 143 cm³/mol. The van der Waals surface area contributed by atoms with E-state index in [4.69, 9.17) is 19.2 Å². The molecule has 2 N–H and O–H groups in total. The number of carboxylic acids is 1. The average molecular weight is 591 g/mol. The summed E-state index contributed by atoms with van der Waals surface area (Å²) in [6.45, 7) is 5.65. The van der Waals surface area contributed by atoms with Crippen LogP contribution >= 0.6 is 0 Å². The summed E-state index contributed by atoms with van der Waals surface area (Å²) in [4.78, 5) is 19.1. The molecular formula is C28H25F3N2O7S. The third kappa shape index (κ3) is 7.94. The summed E-state index contributed by atoms with van der Waals surface area (Å²) in [7, 11) is -4.02. The number of ether oxygens (including phenoxy) is 1. The molecule has 0 radical (unpaired) electrons. The minimum Gasteiger partial charge on any atom is -0.489 e. The number of carboxylic acid groups (broad SMARTS) is 1. The van der Waals surface area contributed by atoms with Crippen LogP contribution in [0.15, 0.2) is 76.1 Å². The fourth-order valence-corrected chi connectivity index (χ4v) is 4.95. The number of benzene rings is 3. The largest absolute Gasteiger partial charge is 0.489 e. The van der Waals surface area contributed by atoms with Gasteiger partial charge in [0.1, 0.15) is 29.6 Å². The Hall–Kier alpha value is -4.65. The van der Waals surface area contributed by atoms with Gasteiger partial charge in [-0.2, -0.15) is 0 Å². The molecule has 0 aliphatic rings. The molecule has 0 atom stereocenters. The number of sulfonamides is 1. The van der Waals surface area contributed by atoms with E-state index in [0.29, 0.717) is 39.6 Å². The number of halogens is 3. The third-order valence-corrected chi connectivity index (χ3v) is 7.05. The summed E-state index contributed by atoms with van der Waals surface area (Å²) < 4.78 is 73.4. The Balaban J connectivity index is 0.00000108. The lowest BCUT2D eigenvalue weighted by atomic mass is 10.0. The Kier molecular flexibility index (Phi) is 9.90. The molecule has 0 aliphatic heterocycles. The fraction of sp³-hybridized carbons (Fsp3) is 0.179. The van der Waals surface area contributed by atoms with Crippen molar-refractivity contribution in [2.45, 2.75) is 38.2 Å². The van der Waals surface area contributed by atoms with Gasteiger partial charge in [0.25, 0.3) is 10.0 Å². The first-order valence-corrected chi connectivity index (χ1v) is 13.5. The minimum absolute atomic E-state index is 0.00947. The van der Waals surface area contributed by atoms with E-state index in [0.717, 1.165) is 6.07 Å². The average Bonchev–Trinajstić information content (AvgIpc) is 3.33. The highest BCUT2D eigenvalue weighted by Gasteiger charge is 2.23. The zero-order valence-electron chi connectivity index (χ0n) is 22.0. The first-order valence-electron chi connectivity index (χ1n) is 12.0. The topological polar surface area (TPSA) is 136 Å². The van der Waals surface area contributed by atoms with E-state index < -0.39 is 28.1 Å². The zero-order valence-corrected chi connectivity index (χ0v) is 22.8. The maximum Gasteiger partial charge on any atom is 0.483 e. The molecule has 1 heterocycles. The molecule has 0 unspecified atom stereocenters. The van der Waals surface area contributed by atoms with Gasteiger partial charge in [0, 0.05) is 11.5 Å². The van der Waals surface area contributed by atoms with Crippen molar-refractivity contribution in [1.29, 1.82) is 0 Å². The molecule has 4 rings (SSSR count). The monoisotopic (exact) mass is 590 g/mol. The molecule has 0 saturated heterocycles. The van der Waals surface area contributed by atoms with Gasteiger partial charge in [-0.3, -0.25) is 4.72 Å². The van der Waals surface area contributed by atoms with Crippen molar-refractivity contribution >= 4 is 28.0 Å². The van der Waals surface area contributed by atoms with E-state index in [1.54, 1.807) is 43.3 Å². The Morgan fingerprint density at radius 3 is 2.34 bits per heavy atom. The number of nitrogens with one attached hydrogen (secondary N) is 1. The number of carbonyl (C=O) groups excluding carboxylic acids is 1. The lowest BCUT2D eigenvalue weighted by Gasteiger charge is -2.14. The predicted octanol–water partition coefficient (Wildman–Crippen LogP) is 7.04. The number of carbonyl (C=O) groups is 2. The maximum absolute atomic E-state index is 14.4. The number of aromatic carboxylic acids is 1. The van der Waals surface area contributed by atoms with Crippen LogP contribution in [0.2, 0.25) is 0 Å². The molecule has 0 spiro atoms. The van der Waals surface area contributed by atoms with Crippen molar-refractivity contribution in [2.24, 2.45) is 0 Å². The molecule has 0 aliphatic carbocycles. The van der Waals surface area contributed by atoms with Crippen LogP contribution in [0.5, 0.6) is 5.75 Å². The number of nitrogens with zero attached hydrogens (tertiary/aromatic N) is 1. The summed E-state index contributed by atoms with van der Waals surface area (Å²) in [5.41, 5.74) is 2.07. The lowest BCUT2D eigenvalue weighted by molar-refractivity contribution is 0.0696. The van der Waals surface area contributed by atoms with Gasteiger partial charge in [-0.25, -0.2) is 22.4 Å². The molecule has 0 saturated carbocycles. The highest BCUT2D eigenvalue weighted by Crippen LogP contribution is 2.33. The number of rotatable bonds is 9. The molecule has 9 nitrogen and oxygen atoms in total. The normalized spacial score (nSPS) is 11.0. The quantitative estimate of drug-likeness (QED) is 0.198. The second-order valence-electron chi connectivity index (χ2n) is 8.94. The molecule has 0 amide bonds. The van der Waals surface area contributed by atoms with E-state index in [1.807, 2.05) is 13.8 Å². The molecule has 0 bridgehead atoms. The van der Waals surface area contributed by atoms with Crippen LogP contribution in [0.4, 0.5) is 23.7 Å². The standard InChI is InChI=1S/C27H25FN2O6S.CF2O/c1-16(2)26-22(25(29-36-26)21-9-4-5-10-23(21)28)15-35-19-11-12-24(17(3)13-19)30-37(33,34)20-8-6-7-18(14-20)27(31)32;2-1(3)4/h4-14,16,30H,15H2,1-3H3,(H,31,32);. The molecular weight excluding hydrogens is 565 g/mol. The zero-order chi connectivity index (χ0) is 30.3. The van der Waals surface area contributed by atoms with E-state index in [9.17, 15) is 26.4 Å². The first-order chi connectivity index (χ1) is 19.3.